The molecule has 0 saturated carbocycles. The fourth-order valence-corrected chi connectivity index (χ4v) is 3.86. The first-order chi connectivity index (χ1) is 12.4. The summed E-state index contributed by atoms with van der Waals surface area (Å²) in [6, 6.07) is 6.67. The molecule has 2 aromatic rings. The van der Waals surface area contributed by atoms with E-state index in [9.17, 15) is 14.0 Å². The normalized spacial score (nSPS) is 16.7. The maximum atomic E-state index is 14.5. The molecule has 1 aromatic heterocycles. The van der Waals surface area contributed by atoms with Gasteiger partial charge in [-0.25, -0.2) is 9.18 Å². The molecule has 0 unspecified atom stereocenters. The lowest BCUT2D eigenvalue weighted by atomic mass is 9.91. The number of rotatable bonds is 4. The number of carbonyl (C=O) groups is 2. The van der Waals surface area contributed by atoms with Crippen LogP contribution in [0.3, 0.4) is 0 Å². The SMILES string of the molecule is COC(=O)C(=O)C1=C(c2cccs2)NC(=S)N[C@@H]1c1c(F)cccc1Cl. The van der Waals surface area contributed by atoms with E-state index >= 15 is 0 Å². The van der Waals surface area contributed by atoms with Crippen LogP contribution in [0.1, 0.15) is 16.5 Å². The largest absolute Gasteiger partial charge is 0.463 e. The van der Waals surface area contributed by atoms with Crippen LogP contribution < -0.4 is 10.6 Å². The standard InChI is InChI=1S/C17H12ClFN2O3S2/c1-24-16(23)15(22)12-13(10-6-3-7-26-10)20-17(25)21-14(12)11-8(18)4-2-5-9(11)19/h2-7,14H,1H3,(H2,20,21,25)/t14-/m1/s1. The first-order valence-electron chi connectivity index (χ1n) is 7.36. The van der Waals surface area contributed by atoms with Crippen molar-refractivity contribution < 1.29 is 18.7 Å². The van der Waals surface area contributed by atoms with Gasteiger partial charge in [-0.3, -0.25) is 4.79 Å². The maximum Gasteiger partial charge on any atom is 0.379 e. The molecule has 0 spiro atoms. The quantitative estimate of drug-likeness (QED) is 0.458. The summed E-state index contributed by atoms with van der Waals surface area (Å²) in [6.45, 7) is 0. The molecular formula is C17H12ClFN2O3S2. The lowest BCUT2D eigenvalue weighted by Crippen LogP contribution is -2.46. The minimum Gasteiger partial charge on any atom is -0.463 e. The summed E-state index contributed by atoms with van der Waals surface area (Å²) in [5, 5.41) is 7.80. The number of carbonyl (C=O) groups excluding carboxylic acids is 2. The molecule has 1 aromatic carbocycles. The van der Waals surface area contributed by atoms with E-state index in [1.807, 2.05) is 0 Å². The summed E-state index contributed by atoms with van der Waals surface area (Å²) in [5.41, 5.74) is 0.336. The molecule has 1 aliphatic heterocycles. The van der Waals surface area contributed by atoms with Crippen LogP contribution in [0.4, 0.5) is 4.39 Å². The monoisotopic (exact) mass is 410 g/mol. The lowest BCUT2D eigenvalue weighted by Gasteiger charge is -2.31. The first-order valence-corrected chi connectivity index (χ1v) is 9.02. The zero-order valence-electron chi connectivity index (χ0n) is 13.3. The highest BCUT2D eigenvalue weighted by molar-refractivity contribution is 7.80. The van der Waals surface area contributed by atoms with Gasteiger partial charge in [-0.1, -0.05) is 23.7 Å². The van der Waals surface area contributed by atoms with Gasteiger partial charge in [0.2, 0.25) is 0 Å². The van der Waals surface area contributed by atoms with Gasteiger partial charge in [-0.15, -0.1) is 11.3 Å². The van der Waals surface area contributed by atoms with Crippen LogP contribution in [0.2, 0.25) is 5.02 Å². The number of esters is 1. The highest BCUT2D eigenvalue weighted by Crippen LogP contribution is 2.37. The summed E-state index contributed by atoms with van der Waals surface area (Å²) >= 11 is 12.7. The summed E-state index contributed by atoms with van der Waals surface area (Å²) in [4.78, 5) is 25.3. The second-order valence-corrected chi connectivity index (χ2v) is 7.02. The summed E-state index contributed by atoms with van der Waals surface area (Å²) in [6.07, 6.45) is 0. The molecule has 5 nitrogen and oxygen atoms in total. The van der Waals surface area contributed by atoms with Gasteiger partial charge in [0.25, 0.3) is 5.78 Å². The molecule has 0 fully saturated rings. The molecule has 26 heavy (non-hydrogen) atoms. The number of thiophene rings is 1. The lowest BCUT2D eigenvalue weighted by molar-refractivity contribution is -0.150. The molecule has 0 saturated heterocycles. The van der Waals surface area contributed by atoms with Crippen molar-refractivity contribution in [1.82, 2.24) is 10.6 Å². The first kappa shape index (κ1) is 18.5. The Kier molecular flexibility index (Phi) is 5.36. The number of ether oxygens (including phenoxy) is 1. The third kappa shape index (κ3) is 3.35. The third-order valence-electron chi connectivity index (χ3n) is 3.74. The number of nitrogens with one attached hydrogen (secondary N) is 2. The van der Waals surface area contributed by atoms with Gasteiger partial charge >= 0.3 is 5.97 Å². The van der Waals surface area contributed by atoms with E-state index in [0.717, 1.165) is 7.11 Å². The van der Waals surface area contributed by atoms with Gasteiger partial charge in [0.05, 0.1) is 29.3 Å². The molecule has 2 heterocycles. The van der Waals surface area contributed by atoms with Crippen molar-refractivity contribution in [3.8, 4) is 0 Å². The van der Waals surface area contributed by atoms with Crippen molar-refractivity contribution in [3.05, 3.63) is 62.6 Å². The van der Waals surface area contributed by atoms with E-state index in [0.29, 0.717) is 10.6 Å². The number of hydrogen-bond donors (Lipinski definition) is 2. The fourth-order valence-electron chi connectivity index (χ4n) is 2.63. The highest BCUT2D eigenvalue weighted by atomic mass is 35.5. The van der Waals surface area contributed by atoms with Gasteiger partial charge in [0, 0.05) is 10.6 Å². The number of ketones is 1. The average Bonchev–Trinajstić information content (AvgIpc) is 3.14. The van der Waals surface area contributed by atoms with E-state index in [1.165, 1.54) is 29.5 Å². The predicted octanol–water partition coefficient (Wildman–Crippen LogP) is 3.21. The van der Waals surface area contributed by atoms with Crippen LogP contribution in [0.15, 0.2) is 41.3 Å². The molecule has 3 rings (SSSR count). The van der Waals surface area contributed by atoms with Gasteiger partial charge in [0.1, 0.15) is 5.82 Å². The summed E-state index contributed by atoms with van der Waals surface area (Å²) < 4.78 is 19.1. The van der Waals surface area contributed by atoms with Crippen LogP contribution in [-0.2, 0) is 14.3 Å². The molecule has 134 valence electrons. The number of thiocarbonyl (C=S) groups is 1. The van der Waals surface area contributed by atoms with Crippen LogP contribution in [0.25, 0.3) is 5.70 Å². The number of benzene rings is 1. The molecule has 0 amide bonds. The molecule has 1 aliphatic rings. The van der Waals surface area contributed by atoms with Gasteiger partial charge in [-0.05, 0) is 35.8 Å². The second-order valence-electron chi connectivity index (χ2n) is 5.25. The third-order valence-corrected chi connectivity index (χ3v) is 5.18. The molecule has 2 N–H and O–H groups in total. The average molecular weight is 411 g/mol. The van der Waals surface area contributed by atoms with E-state index < -0.39 is 23.6 Å². The molecule has 0 aliphatic carbocycles. The smallest absolute Gasteiger partial charge is 0.379 e. The summed E-state index contributed by atoms with van der Waals surface area (Å²) in [5.74, 6) is -2.61. The number of methoxy groups -OCH3 is 1. The van der Waals surface area contributed by atoms with E-state index in [-0.39, 0.29) is 21.3 Å². The van der Waals surface area contributed by atoms with Crippen LogP contribution >= 0.6 is 35.2 Å². The minimum atomic E-state index is -1.07. The zero-order valence-corrected chi connectivity index (χ0v) is 15.7. The number of halogens is 2. The topological polar surface area (TPSA) is 67.4 Å². The van der Waals surface area contributed by atoms with E-state index in [4.69, 9.17) is 23.8 Å². The number of Topliss-reactive ketones (excluding diaryl/α,β-unsaturated/α-hetero) is 1. The molecule has 0 radical (unpaired) electrons. The Morgan fingerprint density at radius 2 is 2.08 bits per heavy atom. The Hall–Kier alpha value is -2.29. The Bertz CT molecular complexity index is 908. The van der Waals surface area contributed by atoms with Crippen LogP contribution in [0, 0.1) is 5.82 Å². The molecule has 0 bridgehead atoms. The predicted molar refractivity (Wildman–Crippen MR) is 101 cm³/mol. The fraction of sp³-hybridized carbons (Fsp3) is 0.118. The minimum absolute atomic E-state index is 0.0140. The van der Waals surface area contributed by atoms with Crippen molar-refractivity contribution in [3.63, 3.8) is 0 Å². The van der Waals surface area contributed by atoms with Crippen molar-refractivity contribution in [2.24, 2.45) is 0 Å². The van der Waals surface area contributed by atoms with Crippen molar-refractivity contribution in [1.29, 1.82) is 0 Å². The van der Waals surface area contributed by atoms with E-state index in [2.05, 4.69) is 15.4 Å². The Morgan fingerprint density at radius 1 is 1.31 bits per heavy atom. The van der Waals surface area contributed by atoms with Crippen LogP contribution in [-0.4, -0.2) is 24.0 Å². The Labute approximate surface area is 162 Å². The van der Waals surface area contributed by atoms with Crippen LogP contribution in [0.5, 0.6) is 0 Å². The van der Waals surface area contributed by atoms with Crippen molar-refractivity contribution >= 4 is 57.7 Å². The zero-order chi connectivity index (χ0) is 18.8. The Morgan fingerprint density at radius 3 is 2.69 bits per heavy atom. The molecule has 1 atom stereocenters. The van der Waals surface area contributed by atoms with Gasteiger partial charge in [0.15, 0.2) is 5.11 Å². The van der Waals surface area contributed by atoms with Gasteiger partial charge in [-0.2, -0.15) is 0 Å². The summed E-state index contributed by atoms with van der Waals surface area (Å²) in [7, 11) is 1.10. The van der Waals surface area contributed by atoms with Crippen molar-refractivity contribution in [2.45, 2.75) is 6.04 Å². The maximum absolute atomic E-state index is 14.5. The number of hydrogen-bond acceptors (Lipinski definition) is 5. The van der Waals surface area contributed by atoms with Crippen molar-refractivity contribution in [2.75, 3.05) is 7.11 Å². The van der Waals surface area contributed by atoms with E-state index in [1.54, 1.807) is 17.5 Å². The molecular weight excluding hydrogens is 399 g/mol. The Balaban J connectivity index is 2.27. The molecule has 9 heteroatoms. The second kappa shape index (κ2) is 7.53. The van der Waals surface area contributed by atoms with Gasteiger partial charge < -0.3 is 15.4 Å². The highest BCUT2D eigenvalue weighted by Gasteiger charge is 2.38.